The second-order valence-electron chi connectivity index (χ2n) is 7.62. The number of fused-ring (bicyclic) bond motifs is 3. The largest absolute Gasteiger partial charge is 0.481 e. The van der Waals surface area contributed by atoms with Crippen LogP contribution in [0.1, 0.15) is 30.4 Å². The number of carboxylic acids is 1. The maximum Gasteiger partial charge on any atom is 0.407 e. The van der Waals surface area contributed by atoms with Gasteiger partial charge in [-0.1, -0.05) is 55.5 Å². The van der Waals surface area contributed by atoms with Gasteiger partial charge >= 0.3 is 12.1 Å². The number of hydrogen-bond acceptors (Lipinski definition) is 5. The zero-order valence-corrected chi connectivity index (χ0v) is 18.2. The summed E-state index contributed by atoms with van der Waals surface area (Å²) in [5.41, 5.74) is 4.50. The lowest BCUT2D eigenvalue weighted by Crippen LogP contribution is -2.45. The minimum Gasteiger partial charge on any atom is -0.481 e. The fraction of sp³-hybridized carbons (Fsp3) is 0.375. The summed E-state index contributed by atoms with van der Waals surface area (Å²) in [7, 11) is 1.35. The van der Waals surface area contributed by atoms with E-state index in [1.165, 1.54) is 7.11 Å². The summed E-state index contributed by atoms with van der Waals surface area (Å²) in [5, 5.41) is 14.2. The number of methoxy groups -OCH3 is 1. The van der Waals surface area contributed by atoms with Gasteiger partial charge in [0, 0.05) is 19.6 Å². The van der Waals surface area contributed by atoms with Gasteiger partial charge in [-0.25, -0.2) is 4.79 Å². The van der Waals surface area contributed by atoms with Crippen LogP contribution in [0.4, 0.5) is 4.79 Å². The molecule has 0 aromatic heterocycles. The molecule has 2 atom stereocenters. The second kappa shape index (κ2) is 10.8. The van der Waals surface area contributed by atoms with Gasteiger partial charge in [0.1, 0.15) is 6.61 Å². The third-order valence-corrected chi connectivity index (χ3v) is 5.72. The molecule has 1 aliphatic rings. The second-order valence-corrected chi connectivity index (χ2v) is 7.62. The maximum atomic E-state index is 12.3. The lowest BCUT2D eigenvalue weighted by atomic mass is 9.98. The molecule has 0 saturated carbocycles. The summed E-state index contributed by atoms with van der Waals surface area (Å²) < 4.78 is 10.6. The van der Waals surface area contributed by atoms with Crippen LogP contribution in [0.5, 0.6) is 0 Å². The number of benzene rings is 2. The molecule has 2 aromatic carbocycles. The van der Waals surface area contributed by atoms with Gasteiger partial charge in [0.25, 0.3) is 5.91 Å². The van der Waals surface area contributed by atoms with Gasteiger partial charge < -0.3 is 25.2 Å². The van der Waals surface area contributed by atoms with Crippen LogP contribution in [0.25, 0.3) is 11.1 Å². The number of carboxylic acid groups (broad SMARTS) is 1. The van der Waals surface area contributed by atoms with Crippen LogP contribution in [-0.2, 0) is 19.1 Å². The van der Waals surface area contributed by atoms with E-state index < -0.39 is 30.0 Å². The van der Waals surface area contributed by atoms with E-state index in [4.69, 9.17) is 14.6 Å². The van der Waals surface area contributed by atoms with Crippen LogP contribution >= 0.6 is 0 Å². The number of alkyl carbamates (subject to hydrolysis) is 1. The Labute approximate surface area is 186 Å². The lowest BCUT2D eigenvalue weighted by Gasteiger charge is -2.18. The highest BCUT2D eigenvalue weighted by Gasteiger charge is 2.29. The number of aliphatic carboxylic acids is 1. The summed E-state index contributed by atoms with van der Waals surface area (Å²) in [5.74, 6) is -2.20. The quantitative estimate of drug-likeness (QED) is 0.524. The Kier molecular flexibility index (Phi) is 7.83. The van der Waals surface area contributed by atoms with E-state index in [0.29, 0.717) is 6.42 Å². The lowest BCUT2D eigenvalue weighted by molar-refractivity contribution is -0.142. The Morgan fingerprint density at radius 1 is 0.969 bits per heavy atom. The van der Waals surface area contributed by atoms with Gasteiger partial charge in [0.2, 0.25) is 0 Å². The molecule has 0 heterocycles. The van der Waals surface area contributed by atoms with Crippen molar-refractivity contribution in [3.05, 3.63) is 59.7 Å². The summed E-state index contributed by atoms with van der Waals surface area (Å²) in [6.45, 7) is 1.80. The molecule has 0 saturated heterocycles. The van der Waals surface area contributed by atoms with Gasteiger partial charge in [-0.3, -0.25) is 9.59 Å². The van der Waals surface area contributed by atoms with Crippen LogP contribution in [0, 0.1) is 5.92 Å². The molecule has 2 aromatic rings. The topological polar surface area (TPSA) is 114 Å². The molecule has 8 nitrogen and oxygen atoms in total. The normalized spacial score (nSPS) is 14.1. The van der Waals surface area contributed by atoms with Crippen molar-refractivity contribution in [3.8, 4) is 11.1 Å². The molecule has 0 aliphatic heterocycles. The Morgan fingerprint density at radius 3 is 2.09 bits per heavy atom. The van der Waals surface area contributed by atoms with Gasteiger partial charge in [0.15, 0.2) is 6.10 Å². The number of rotatable bonds is 10. The molecule has 0 fully saturated rings. The highest BCUT2D eigenvalue weighted by Crippen LogP contribution is 2.44. The minimum absolute atomic E-state index is 0.00449. The van der Waals surface area contributed by atoms with Crippen molar-refractivity contribution in [1.29, 1.82) is 0 Å². The zero-order valence-electron chi connectivity index (χ0n) is 18.2. The smallest absolute Gasteiger partial charge is 0.407 e. The van der Waals surface area contributed by atoms with E-state index in [1.54, 1.807) is 6.92 Å². The average molecular weight is 440 g/mol. The Bertz CT molecular complexity index is 931. The van der Waals surface area contributed by atoms with Gasteiger partial charge in [-0.2, -0.15) is 0 Å². The predicted octanol–water partition coefficient (Wildman–Crippen LogP) is 2.77. The molecular weight excluding hydrogens is 412 g/mol. The van der Waals surface area contributed by atoms with E-state index in [9.17, 15) is 14.4 Å². The van der Waals surface area contributed by atoms with Gasteiger partial charge in [-0.15, -0.1) is 0 Å². The summed E-state index contributed by atoms with van der Waals surface area (Å²) in [6, 6.07) is 16.1. The number of ether oxygens (including phenoxy) is 2. The van der Waals surface area contributed by atoms with Crippen LogP contribution < -0.4 is 10.6 Å². The molecule has 32 heavy (non-hydrogen) atoms. The van der Waals surface area contributed by atoms with Crippen LogP contribution in [0.2, 0.25) is 0 Å². The van der Waals surface area contributed by atoms with Crippen molar-refractivity contribution in [2.45, 2.75) is 25.4 Å². The average Bonchev–Trinajstić information content (AvgIpc) is 3.12. The first-order valence-corrected chi connectivity index (χ1v) is 10.6. The van der Waals surface area contributed by atoms with E-state index >= 15 is 0 Å². The molecular formula is C24H28N2O6. The third-order valence-electron chi connectivity index (χ3n) is 5.72. The highest BCUT2D eigenvalue weighted by molar-refractivity contribution is 5.82. The first-order chi connectivity index (χ1) is 15.5. The fourth-order valence-electron chi connectivity index (χ4n) is 3.85. The fourth-order valence-corrected chi connectivity index (χ4v) is 3.85. The summed E-state index contributed by atoms with van der Waals surface area (Å²) >= 11 is 0. The monoisotopic (exact) mass is 440 g/mol. The molecule has 8 heteroatoms. The molecule has 3 rings (SSSR count). The SMILES string of the molecule is CCC(CNC(=O)C(CNC(=O)OCC1c2ccccc2-c2ccccc21)OC)C(=O)O. The molecule has 0 spiro atoms. The highest BCUT2D eigenvalue weighted by atomic mass is 16.5. The first-order valence-electron chi connectivity index (χ1n) is 10.6. The van der Waals surface area contributed by atoms with E-state index in [0.717, 1.165) is 22.3 Å². The van der Waals surface area contributed by atoms with Crippen molar-refractivity contribution in [1.82, 2.24) is 10.6 Å². The van der Waals surface area contributed by atoms with Crippen LogP contribution in [-0.4, -0.2) is 56.0 Å². The van der Waals surface area contributed by atoms with Crippen molar-refractivity contribution < 1.29 is 29.0 Å². The minimum atomic E-state index is -0.974. The molecule has 0 radical (unpaired) electrons. The number of carbonyl (C=O) groups excluding carboxylic acids is 2. The molecule has 3 N–H and O–H groups in total. The number of carbonyl (C=O) groups is 3. The number of hydrogen-bond donors (Lipinski definition) is 3. The maximum absolute atomic E-state index is 12.3. The van der Waals surface area contributed by atoms with Crippen molar-refractivity contribution in [2.75, 3.05) is 26.8 Å². The van der Waals surface area contributed by atoms with E-state index in [2.05, 4.69) is 22.8 Å². The molecule has 2 amide bonds. The molecule has 2 unspecified atom stereocenters. The zero-order chi connectivity index (χ0) is 23.1. The molecule has 170 valence electrons. The molecule has 1 aliphatic carbocycles. The summed E-state index contributed by atoms with van der Waals surface area (Å²) in [6.07, 6.45) is -1.22. The number of nitrogens with one attached hydrogen (secondary N) is 2. The Balaban J connectivity index is 1.52. The van der Waals surface area contributed by atoms with E-state index in [1.807, 2.05) is 36.4 Å². The first kappa shape index (κ1) is 23.3. The molecule has 0 bridgehead atoms. The van der Waals surface area contributed by atoms with Crippen molar-refractivity contribution in [2.24, 2.45) is 5.92 Å². The van der Waals surface area contributed by atoms with Gasteiger partial charge in [0.05, 0.1) is 12.5 Å². The summed E-state index contributed by atoms with van der Waals surface area (Å²) in [4.78, 5) is 35.6. The Hall–Kier alpha value is -3.39. The van der Waals surface area contributed by atoms with Crippen molar-refractivity contribution in [3.63, 3.8) is 0 Å². The number of amides is 2. The standard InChI is InChI=1S/C24H28N2O6/c1-3-15(23(28)29)12-25-22(27)21(31-2)13-26-24(30)32-14-20-18-10-6-4-8-16(18)17-9-5-7-11-19(17)20/h4-11,15,20-21H,3,12-14H2,1-2H3,(H,25,27)(H,26,30)(H,28,29). The van der Waals surface area contributed by atoms with Crippen LogP contribution in [0.3, 0.4) is 0 Å². The third kappa shape index (κ3) is 5.26. The van der Waals surface area contributed by atoms with Crippen molar-refractivity contribution >= 4 is 18.0 Å². The van der Waals surface area contributed by atoms with E-state index in [-0.39, 0.29) is 25.6 Å². The predicted molar refractivity (Wildman–Crippen MR) is 118 cm³/mol. The van der Waals surface area contributed by atoms with Crippen LogP contribution in [0.15, 0.2) is 48.5 Å². The van der Waals surface area contributed by atoms with Gasteiger partial charge in [-0.05, 0) is 28.7 Å². The Morgan fingerprint density at radius 2 is 1.56 bits per heavy atom.